The zero-order chi connectivity index (χ0) is 33.4. The fraction of sp³-hybridized carbons (Fsp3) is 0.375. The molecule has 0 aliphatic heterocycles. The quantitative estimate of drug-likeness (QED) is 0.189. The molecule has 6 aliphatic rings. The van der Waals surface area contributed by atoms with Crippen LogP contribution < -0.4 is 4.90 Å². The molecule has 248 valence electrons. The van der Waals surface area contributed by atoms with Crippen LogP contribution >= 0.6 is 0 Å². The first kappa shape index (κ1) is 28.4. The average molecular weight is 652 g/mol. The molecule has 4 fully saturated rings. The molecule has 2 spiro atoms. The van der Waals surface area contributed by atoms with Gasteiger partial charge < -0.3 is 9.32 Å². The van der Waals surface area contributed by atoms with E-state index in [-0.39, 0.29) is 16.2 Å². The Kier molecular flexibility index (Phi) is 5.08. The smallest absolute Gasteiger partial charge is 0.135 e. The van der Waals surface area contributed by atoms with Gasteiger partial charge in [-0.25, -0.2) is 0 Å². The number of rotatable bonds is 3. The van der Waals surface area contributed by atoms with Gasteiger partial charge in [-0.15, -0.1) is 0 Å². The Bertz CT molecular complexity index is 2460. The third-order valence-corrected chi connectivity index (χ3v) is 15.6. The molecule has 2 nitrogen and oxygen atoms in total. The molecule has 5 aromatic carbocycles. The molecule has 1 heterocycles. The lowest BCUT2D eigenvalue weighted by atomic mass is 9.27. The summed E-state index contributed by atoms with van der Waals surface area (Å²) in [5.74, 6) is 3.52. The van der Waals surface area contributed by atoms with Gasteiger partial charge in [-0.1, -0.05) is 82.3 Å². The summed E-state index contributed by atoms with van der Waals surface area (Å²) < 4.78 is 6.33. The third-order valence-electron chi connectivity index (χ3n) is 15.6. The molecule has 0 saturated heterocycles. The number of furan rings is 1. The zero-order valence-electron chi connectivity index (χ0n) is 29.7. The van der Waals surface area contributed by atoms with Gasteiger partial charge in [0.25, 0.3) is 0 Å². The Morgan fingerprint density at radius 2 is 1.22 bits per heavy atom. The standard InChI is InChI=1S/C48H45NO/c1-45(2)19-20-46(3,4)40-26-32(14-17-38(40)45)49(30-15-18-42-36(24-30)35-10-6-8-12-41(35)50-42)31-13-16-34-33-9-5-7-11-37(33)48(39(34)25-31)43-22-28-21-29-23-44(48)47(29,43)27-28/h5-18,24-26,28-29,43-44H,19-23,27H2,1-4H3. The molecule has 0 amide bonds. The lowest BCUT2D eigenvalue weighted by molar-refractivity contribution is -0.231. The van der Waals surface area contributed by atoms with Crippen LogP contribution in [0.15, 0.2) is 108 Å². The van der Waals surface area contributed by atoms with Gasteiger partial charge in [-0.3, -0.25) is 0 Å². The minimum absolute atomic E-state index is 0.129. The number of nitrogens with zero attached hydrogens (tertiary/aromatic N) is 1. The Balaban J connectivity index is 1.09. The maximum Gasteiger partial charge on any atom is 0.135 e. The molecule has 4 saturated carbocycles. The molecule has 6 atom stereocenters. The van der Waals surface area contributed by atoms with Gasteiger partial charge in [0.2, 0.25) is 0 Å². The van der Waals surface area contributed by atoms with Gasteiger partial charge in [0.05, 0.1) is 0 Å². The predicted molar refractivity (Wildman–Crippen MR) is 205 cm³/mol. The van der Waals surface area contributed by atoms with E-state index < -0.39 is 0 Å². The first-order chi connectivity index (χ1) is 24.2. The largest absolute Gasteiger partial charge is 0.456 e. The second-order valence-corrected chi connectivity index (χ2v) is 18.4. The van der Waals surface area contributed by atoms with Crippen molar-refractivity contribution < 1.29 is 4.42 Å². The van der Waals surface area contributed by atoms with E-state index >= 15 is 0 Å². The number of para-hydroxylation sites is 1. The van der Waals surface area contributed by atoms with Crippen molar-refractivity contribution >= 4 is 39.0 Å². The average Bonchev–Trinajstić information content (AvgIpc) is 3.84. The van der Waals surface area contributed by atoms with Crippen molar-refractivity contribution in [1.82, 2.24) is 0 Å². The van der Waals surface area contributed by atoms with E-state index in [2.05, 4.69) is 136 Å². The summed E-state index contributed by atoms with van der Waals surface area (Å²) in [4.78, 5) is 2.56. The van der Waals surface area contributed by atoms with Gasteiger partial charge in [0, 0.05) is 33.2 Å². The summed E-state index contributed by atoms with van der Waals surface area (Å²) in [6.45, 7) is 9.76. The summed E-state index contributed by atoms with van der Waals surface area (Å²) in [6.07, 6.45) is 8.28. The van der Waals surface area contributed by atoms with Crippen LogP contribution in [0.2, 0.25) is 0 Å². The van der Waals surface area contributed by atoms with Crippen molar-refractivity contribution in [2.45, 2.75) is 82.5 Å². The van der Waals surface area contributed by atoms with E-state index in [9.17, 15) is 0 Å². The molecular formula is C48H45NO. The topological polar surface area (TPSA) is 16.4 Å². The molecule has 50 heavy (non-hydrogen) atoms. The molecule has 6 aromatic rings. The molecule has 12 rings (SSSR count). The summed E-state index contributed by atoms with van der Waals surface area (Å²) in [6, 6.07) is 39.8. The van der Waals surface area contributed by atoms with Gasteiger partial charge >= 0.3 is 0 Å². The summed E-state index contributed by atoms with van der Waals surface area (Å²) in [5.41, 5.74) is 15.9. The van der Waals surface area contributed by atoms with Crippen LogP contribution in [0.4, 0.5) is 17.1 Å². The fourth-order valence-electron chi connectivity index (χ4n) is 13.5. The summed E-state index contributed by atoms with van der Waals surface area (Å²) >= 11 is 0. The van der Waals surface area contributed by atoms with Crippen molar-refractivity contribution in [2.75, 3.05) is 4.90 Å². The first-order valence-electron chi connectivity index (χ1n) is 19.3. The van der Waals surface area contributed by atoms with Crippen LogP contribution in [-0.2, 0) is 16.2 Å². The molecule has 2 heteroatoms. The number of benzene rings is 5. The second kappa shape index (κ2) is 8.94. The number of anilines is 3. The molecule has 1 aromatic heterocycles. The van der Waals surface area contributed by atoms with Gasteiger partial charge in [0.15, 0.2) is 0 Å². The highest BCUT2D eigenvalue weighted by Gasteiger charge is 2.84. The van der Waals surface area contributed by atoms with Crippen LogP contribution in [0, 0.1) is 29.1 Å². The number of fused-ring (bicyclic) bond motifs is 12. The Labute approximate surface area is 295 Å². The highest BCUT2D eigenvalue weighted by Crippen LogP contribution is 2.89. The fourth-order valence-corrected chi connectivity index (χ4v) is 13.5. The van der Waals surface area contributed by atoms with Gasteiger partial charge in [-0.2, -0.15) is 0 Å². The van der Waals surface area contributed by atoms with Crippen LogP contribution in [0.25, 0.3) is 33.1 Å². The van der Waals surface area contributed by atoms with E-state index in [4.69, 9.17) is 4.42 Å². The number of hydrogen-bond donors (Lipinski definition) is 0. The lowest BCUT2D eigenvalue weighted by Crippen LogP contribution is -2.73. The Morgan fingerprint density at radius 3 is 2.08 bits per heavy atom. The predicted octanol–water partition coefficient (Wildman–Crippen LogP) is 12.7. The zero-order valence-corrected chi connectivity index (χ0v) is 29.7. The van der Waals surface area contributed by atoms with E-state index in [0.717, 1.165) is 34.8 Å². The normalized spacial score (nSPS) is 31.2. The van der Waals surface area contributed by atoms with Crippen molar-refractivity contribution in [1.29, 1.82) is 0 Å². The van der Waals surface area contributed by atoms with Crippen molar-refractivity contribution in [3.8, 4) is 11.1 Å². The van der Waals surface area contributed by atoms with Gasteiger partial charge in [-0.05, 0) is 160 Å². The summed E-state index contributed by atoms with van der Waals surface area (Å²) in [5, 5.41) is 2.35. The molecular weight excluding hydrogens is 607 g/mol. The van der Waals surface area contributed by atoms with Crippen LogP contribution in [0.3, 0.4) is 0 Å². The molecule has 6 aliphatic carbocycles. The van der Waals surface area contributed by atoms with Crippen molar-refractivity contribution in [3.63, 3.8) is 0 Å². The minimum Gasteiger partial charge on any atom is -0.456 e. The molecule has 0 N–H and O–H groups in total. The highest BCUT2D eigenvalue weighted by molar-refractivity contribution is 6.06. The van der Waals surface area contributed by atoms with Crippen molar-refractivity contribution in [3.05, 3.63) is 125 Å². The van der Waals surface area contributed by atoms with E-state index in [0.29, 0.717) is 5.41 Å². The van der Waals surface area contributed by atoms with E-state index in [1.54, 1.807) is 11.1 Å². The van der Waals surface area contributed by atoms with Crippen molar-refractivity contribution in [2.24, 2.45) is 29.1 Å². The SMILES string of the molecule is CC1(C)CCC(C)(C)c2cc(N(c3ccc4c(c3)C3(c5ccccc5-4)C4CC5CC6CC3C64C5)c3ccc4oc5ccccc5c4c3)ccc21. The third kappa shape index (κ3) is 3.16. The maximum atomic E-state index is 6.33. The number of hydrogen-bond acceptors (Lipinski definition) is 2. The van der Waals surface area contributed by atoms with Crippen LogP contribution in [0.5, 0.6) is 0 Å². The first-order valence-corrected chi connectivity index (χ1v) is 19.3. The molecule has 0 radical (unpaired) electrons. The maximum absolute atomic E-state index is 6.33. The Hall–Kier alpha value is -4.30. The van der Waals surface area contributed by atoms with E-state index in [1.807, 2.05) is 0 Å². The van der Waals surface area contributed by atoms with Gasteiger partial charge in [0.1, 0.15) is 11.2 Å². The second-order valence-electron chi connectivity index (χ2n) is 18.4. The Morgan fingerprint density at radius 1 is 0.560 bits per heavy atom. The van der Waals surface area contributed by atoms with Crippen LogP contribution in [-0.4, -0.2) is 0 Å². The highest BCUT2D eigenvalue weighted by atomic mass is 16.3. The monoisotopic (exact) mass is 651 g/mol. The molecule has 6 unspecified atom stereocenters. The molecule has 2 bridgehead atoms. The minimum atomic E-state index is 0.129. The van der Waals surface area contributed by atoms with E-state index in [1.165, 1.54) is 88.6 Å². The van der Waals surface area contributed by atoms with Crippen LogP contribution in [0.1, 0.15) is 88.5 Å². The summed E-state index contributed by atoms with van der Waals surface area (Å²) in [7, 11) is 0. The lowest BCUT2D eigenvalue weighted by Gasteiger charge is -2.76.